The van der Waals surface area contributed by atoms with Crippen molar-refractivity contribution in [2.45, 2.75) is 29.5 Å². The zero-order valence-electron chi connectivity index (χ0n) is 14.0. The van der Waals surface area contributed by atoms with E-state index in [0.717, 1.165) is 45.9 Å². The highest BCUT2D eigenvalue weighted by Crippen LogP contribution is 2.79. The monoisotopic (exact) mass is 440 g/mol. The first kappa shape index (κ1) is 17.5. The maximum absolute atomic E-state index is 12.5. The van der Waals surface area contributed by atoms with Crippen LogP contribution in [-0.4, -0.2) is 40.5 Å². The van der Waals surface area contributed by atoms with Gasteiger partial charge in [-0.05, 0) is 42.6 Å². The fourth-order valence-corrected chi connectivity index (χ4v) is 6.25. The van der Waals surface area contributed by atoms with Crippen LogP contribution in [0.2, 0.25) is 5.02 Å². The molecule has 2 aliphatic rings. The van der Waals surface area contributed by atoms with Gasteiger partial charge in [0, 0.05) is 16.7 Å². The molecule has 3 aromatic rings. The van der Waals surface area contributed by atoms with Gasteiger partial charge in [-0.3, -0.25) is 4.79 Å². The molecule has 2 saturated carbocycles. The molecule has 0 radical (unpaired) electrons. The molecule has 2 fully saturated rings. The van der Waals surface area contributed by atoms with Gasteiger partial charge in [-0.2, -0.15) is 4.37 Å². The van der Waals surface area contributed by atoms with Crippen LogP contribution in [0.5, 0.6) is 0 Å². The highest BCUT2D eigenvalue weighted by molar-refractivity contribution is 7.89. The molecule has 140 valence electrons. The minimum atomic E-state index is -3.23. The molecule has 0 spiro atoms. The number of nitrogens with zero attached hydrogens (tertiary/aromatic N) is 3. The van der Waals surface area contributed by atoms with Crippen LogP contribution < -0.4 is 5.32 Å². The van der Waals surface area contributed by atoms with E-state index in [1.54, 1.807) is 11.3 Å². The minimum Gasteiger partial charge on any atom is -0.343 e. The first-order chi connectivity index (χ1) is 12.7. The summed E-state index contributed by atoms with van der Waals surface area (Å²) >= 11 is 8.58. The van der Waals surface area contributed by atoms with Crippen molar-refractivity contribution in [1.82, 2.24) is 19.7 Å². The quantitative estimate of drug-likeness (QED) is 0.654. The number of hydrogen-bond acceptors (Lipinski definition) is 8. The van der Waals surface area contributed by atoms with Crippen molar-refractivity contribution in [3.8, 4) is 0 Å². The number of thiazole rings is 1. The summed E-state index contributed by atoms with van der Waals surface area (Å²) in [6.45, 7) is 0. The Labute approximate surface area is 167 Å². The predicted molar refractivity (Wildman–Crippen MR) is 104 cm³/mol. The number of rotatable bonds is 5. The van der Waals surface area contributed by atoms with Crippen molar-refractivity contribution in [2.24, 2.45) is 0 Å². The SMILES string of the molecule is CS(=O)(=O)Cc1nsc(C(=O)NC23CC2(c2nc4ccc(Cl)cc4s2)C3)n1. The Morgan fingerprint density at radius 2 is 2.11 bits per heavy atom. The van der Waals surface area contributed by atoms with Gasteiger partial charge in [0.1, 0.15) is 10.8 Å². The number of sulfone groups is 1. The lowest BCUT2D eigenvalue weighted by molar-refractivity contribution is 0.0941. The average molecular weight is 441 g/mol. The Morgan fingerprint density at radius 3 is 2.85 bits per heavy atom. The van der Waals surface area contributed by atoms with E-state index in [1.807, 2.05) is 18.2 Å². The second kappa shape index (κ2) is 5.47. The third kappa shape index (κ3) is 2.86. The number of carbonyl (C=O) groups is 1. The minimum absolute atomic E-state index is 0.0842. The first-order valence-electron chi connectivity index (χ1n) is 8.09. The highest BCUT2D eigenvalue weighted by atomic mass is 35.5. The van der Waals surface area contributed by atoms with E-state index in [0.29, 0.717) is 5.02 Å². The number of hydrogen-bond donors (Lipinski definition) is 1. The van der Waals surface area contributed by atoms with Crippen molar-refractivity contribution < 1.29 is 13.2 Å². The lowest BCUT2D eigenvalue weighted by atomic mass is 10.2. The third-order valence-corrected chi connectivity index (χ3v) is 8.03. The highest BCUT2D eigenvalue weighted by Gasteiger charge is 2.86. The summed E-state index contributed by atoms with van der Waals surface area (Å²) in [5.41, 5.74) is 0.575. The van der Waals surface area contributed by atoms with E-state index < -0.39 is 9.84 Å². The normalized spacial score (nSPS) is 26.0. The largest absolute Gasteiger partial charge is 0.343 e. The van der Waals surface area contributed by atoms with E-state index >= 15 is 0 Å². The standard InChI is InChI=1S/C16H13ClN4O3S3/c1-27(23,24)5-11-19-13(26-21-11)12(22)20-16-6-15(16,7-16)14-18-9-3-2-8(17)4-10(9)25-14/h2-4H,5-7H2,1H3,(H,20,22). The van der Waals surface area contributed by atoms with Gasteiger partial charge in [0.05, 0.1) is 15.8 Å². The molecule has 2 aromatic heterocycles. The zero-order valence-corrected chi connectivity index (χ0v) is 17.2. The maximum Gasteiger partial charge on any atom is 0.282 e. The van der Waals surface area contributed by atoms with Crippen LogP contribution in [0.4, 0.5) is 0 Å². The molecule has 0 atom stereocenters. The van der Waals surface area contributed by atoms with E-state index in [4.69, 9.17) is 16.6 Å². The molecule has 0 saturated heterocycles. The van der Waals surface area contributed by atoms with Gasteiger partial charge >= 0.3 is 0 Å². The summed E-state index contributed by atoms with van der Waals surface area (Å²) in [6.07, 6.45) is 2.82. The van der Waals surface area contributed by atoms with Gasteiger partial charge in [0.15, 0.2) is 15.7 Å². The van der Waals surface area contributed by atoms with E-state index in [-0.39, 0.29) is 33.4 Å². The second-order valence-electron chi connectivity index (χ2n) is 7.19. The van der Waals surface area contributed by atoms with Gasteiger partial charge < -0.3 is 5.32 Å². The lowest BCUT2D eigenvalue weighted by Gasteiger charge is -2.03. The summed E-state index contributed by atoms with van der Waals surface area (Å²) in [7, 11) is -3.23. The Balaban J connectivity index is 1.32. The molecule has 2 heterocycles. The molecule has 11 heteroatoms. The van der Waals surface area contributed by atoms with Gasteiger partial charge in [-0.1, -0.05) is 11.6 Å². The number of amides is 1. The molecule has 0 unspecified atom stereocenters. The van der Waals surface area contributed by atoms with Crippen molar-refractivity contribution in [1.29, 1.82) is 0 Å². The molecule has 7 nitrogen and oxygen atoms in total. The summed E-state index contributed by atoms with van der Waals surface area (Å²) in [4.78, 5) is 21.3. The van der Waals surface area contributed by atoms with Crippen molar-refractivity contribution in [2.75, 3.05) is 6.26 Å². The Hall–Kier alpha value is -1.62. The number of aromatic nitrogens is 3. The van der Waals surface area contributed by atoms with E-state index in [2.05, 4.69) is 14.7 Å². The van der Waals surface area contributed by atoms with Gasteiger partial charge in [0.25, 0.3) is 5.91 Å². The van der Waals surface area contributed by atoms with Crippen LogP contribution in [0.25, 0.3) is 10.2 Å². The molecule has 1 aromatic carbocycles. The zero-order chi connectivity index (χ0) is 19.0. The van der Waals surface area contributed by atoms with Crippen molar-refractivity contribution in [3.63, 3.8) is 0 Å². The fraction of sp³-hybridized carbons (Fsp3) is 0.375. The summed E-state index contributed by atoms with van der Waals surface area (Å²) in [5, 5.41) is 4.94. The molecule has 27 heavy (non-hydrogen) atoms. The molecule has 5 rings (SSSR count). The number of fused-ring (bicyclic) bond motifs is 2. The molecule has 0 bridgehead atoms. The molecule has 1 N–H and O–H groups in total. The van der Waals surface area contributed by atoms with Crippen LogP contribution in [0.3, 0.4) is 0 Å². The number of benzene rings is 1. The smallest absolute Gasteiger partial charge is 0.282 e. The summed E-state index contributed by atoms with van der Waals surface area (Å²) in [5.74, 6) is -0.415. The summed E-state index contributed by atoms with van der Waals surface area (Å²) in [6, 6.07) is 5.64. The predicted octanol–water partition coefficient (Wildman–Crippen LogP) is 2.56. The van der Waals surface area contributed by atoms with E-state index in [1.165, 1.54) is 0 Å². The van der Waals surface area contributed by atoms with Crippen LogP contribution >= 0.6 is 34.5 Å². The Morgan fingerprint density at radius 1 is 1.33 bits per heavy atom. The summed E-state index contributed by atoms with van der Waals surface area (Å²) < 4.78 is 27.7. The average Bonchev–Trinajstić information content (AvgIpc) is 3.13. The van der Waals surface area contributed by atoms with Gasteiger partial charge in [-0.15, -0.1) is 11.3 Å². The van der Waals surface area contributed by atoms with E-state index in [9.17, 15) is 13.2 Å². The van der Waals surface area contributed by atoms with Gasteiger partial charge in [0.2, 0.25) is 5.01 Å². The van der Waals surface area contributed by atoms with Crippen molar-refractivity contribution >= 4 is 60.4 Å². The topological polar surface area (TPSA) is 102 Å². The molecule has 2 aliphatic carbocycles. The van der Waals surface area contributed by atoms with Crippen LogP contribution in [0.15, 0.2) is 18.2 Å². The first-order valence-corrected chi connectivity index (χ1v) is 12.1. The number of nitrogens with one attached hydrogen (secondary N) is 1. The van der Waals surface area contributed by atoms with Gasteiger partial charge in [-0.25, -0.2) is 18.4 Å². The van der Waals surface area contributed by atoms with Crippen molar-refractivity contribution in [3.05, 3.63) is 39.1 Å². The third-order valence-electron chi connectivity index (χ3n) is 5.04. The maximum atomic E-state index is 12.5. The Kier molecular flexibility index (Phi) is 3.54. The molecular weight excluding hydrogens is 428 g/mol. The molecule has 0 aliphatic heterocycles. The lowest BCUT2D eigenvalue weighted by Crippen LogP contribution is -2.30. The number of halogens is 1. The second-order valence-corrected chi connectivity index (χ2v) is 11.5. The van der Waals surface area contributed by atoms with Crippen LogP contribution in [0.1, 0.15) is 33.5 Å². The van der Waals surface area contributed by atoms with Crippen LogP contribution in [-0.2, 0) is 21.0 Å². The number of carbonyl (C=O) groups excluding carboxylic acids is 1. The Bertz CT molecular complexity index is 1210. The molecule has 1 amide bonds. The van der Waals surface area contributed by atoms with Crippen LogP contribution in [0, 0.1) is 0 Å². The fourth-order valence-electron chi connectivity index (χ4n) is 3.47. The molecular formula is C16H13ClN4O3S3.